The Labute approximate surface area is 116 Å². The van der Waals surface area contributed by atoms with Crippen LogP contribution < -0.4 is 5.32 Å². The zero-order valence-corrected chi connectivity index (χ0v) is 11.3. The normalized spacial score (nSPS) is 13.9. The molecular formula is C15H16FN3O. The van der Waals surface area contributed by atoms with E-state index < -0.39 is 0 Å². The lowest BCUT2D eigenvalue weighted by Crippen LogP contribution is -2.15. The number of hydrogen-bond acceptors (Lipinski definition) is 2. The molecular weight excluding hydrogens is 257 g/mol. The van der Waals surface area contributed by atoms with Gasteiger partial charge in [-0.15, -0.1) is 0 Å². The summed E-state index contributed by atoms with van der Waals surface area (Å²) in [5.41, 5.74) is 2.80. The second-order valence-electron chi connectivity index (χ2n) is 5.11. The summed E-state index contributed by atoms with van der Waals surface area (Å²) in [5, 5.41) is 7.03. The van der Waals surface area contributed by atoms with Crippen molar-refractivity contribution in [1.29, 1.82) is 0 Å². The molecule has 4 nitrogen and oxygen atoms in total. The molecule has 0 aliphatic carbocycles. The van der Waals surface area contributed by atoms with Gasteiger partial charge in [0.2, 0.25) is 0 Å². The minimum Gasteiger partial charge on any atom is -0.320 e. The molecule has 1 aliphatic rings. The Hall–Kier alpha value is -2.17. The molecule has 1 amide bonds. The Morgan fingerprint density at radius 3 is 3.00 bits per heavy atom. The number of carbonyl (C=O) groups is 1. The maximum absolute atomic E-state index is 13.2. The van der Waals surface area contributed by atoms with Gasteiger partial charge >= 0.3 is 0 Å². The Morgan fingerprint density at radius 1 is 1.35 bits per heavy atom. The number of benzene rings is 1. The molecule has 0 saturated heterocycles. The molecule has 1 aromatic carbocycles. The van der Waals surface area contributed by atoms with Crippen molar-refractivity contribution in [2.75, 3.05) is 5.32 Å². The van der Waals surface area contributed by atoms with E-state index in [1.807, 2.05) is 17.7 Å². The monoisotopic (exact) mass is 273 g/mol. The first-order valence-electron chi connectivity index (χ1n) is 6.78. The van der Waals surface area contributed by atoms with Crippen molar-refractivity contribution in [1.82, 2.24) is 9.78 Å². The Morgan fingerprint density at radius 2 is 2.20 bits per heavy atom. The summed E-state index contributed by atoms with van der Waals surface area (Å²) in [6.07, 6.45) is 3.19. The maximum Gasteiger partial charge on any atom is 0.276 e. The molecule has 1 aliphatic heterocycles. The number of aromatic nitrogens is 2. The van der Waals surface area contributed by atoms with Gasteiger partial charge < -0.3 is 5.32 Å². The van der Waals surface area contributed by atoms with Crippen molar-refractivity contribution in [2.45, 2.75) is 32.7 Å². The zero-order valence-electron chi connectivity index (χ0n) is 11.3. The molecule has 0 fully saturated rings. The van der Waals surface area contributed by atoms with Crippen LogP contribution in [0, 0.1) is 12.7 Å². The van der Waals surface area contributed by atoms with E-state index in [1.54, 1.807) is 6.07 Å². The third kappa shape index (κ3) is 2.43. The van der Waals surface area contributed by atoms with Crippen LogP contribution in [-0.2, 0) is 13.0 Å². The lowest BCUT2D eigenvalue weighted by atomic mass is 10.1. The van der Waals surface area contributed by atoms with E-state index in [-0.39, 0.29) is 11.7 Å². The molecule has 104 valence electrons. The van der Waals surface area contributed by atoms with Gasteiger partial charge in [-0.2, -0.15) is 5.10 Å². The first-order chi connectivity index (χ1) is 9.63. The van der Waals surface area contributed by atoms with Gasteiger partial charge in [0, 0.05) is 17.9 Å². The van der Waals surface area contributed by atoms with E-state index in [4.69, 9.17) is 0 Å². The molecule has 5 heteroatoms. The standard InChI is InChI=1S/C15H16FN3O/c1-10-5-6-11(16)8-13(10)17-15(20)14-9-12-4-2-3-7-19(12)18-14/h5-6,8-9H,2-4,7H2,1H3,(H,17,20). The molecule has 3 rings (SSSR count). The highest BCUT2D eigenvalue weighted by Gasteiger charge is 2.17. The van der Waals surface area contributed by atoms with Crippen LogP contribution in [-0.4, -0.2) is 15.7 Å². The second-order valence-corrected chi connectivity index (χ2v) is 5.11. The second kappa shape index (κ2) is 5.07. The van der Waals surface area contributed by atoms with Crippen molar-refractivity contribution in [3.63, 3.8) is 0 Å². The Kier molecular flexibility index (Phi) is 3.26. The topological polar surface area (TPSA) is 46.9 Å². The first-order valence-corrected chi connectivity index (χ1v) is 6.78. The van der Waals surface area contributed by atoms with Gasteiger partial charge in [0.25, 0.3) is 5.91 Å². The van der Waals surface area contributed by atoms with Crippen LogP contribution in [0.1, 0.15) is 34.6 Å². The molecule has 2 heterocycles. The van der Waals surface area contributed by atoms with Gasteiger partial charge in [-0.1, -0.05) is 6.07 Å². The number of anilines is 1. The molecule has 0 radical (unpaired) electrons. The van der Waals surface area contributed by atoms with Crippen molar-refractivity contribution >= 4 is 11.6 Å². The van der Waals surface area contributed by atoms with Crippen LogP contribution in [0.4, 0.5) is 10.1 Å². The van der Waals surface area contributed by atoms with E-state index in [1.165, 1.54) is 12.1 Å². The van der Waals surface area contributed by atoms with Crippen LogP contribution in [0.25, 0.3) is 0 Å². The van der Waals surface area contributed by atoms with Gasteiger partial charge in [0.1, 0.15) is 5.82 Å². The summed E-state index contributed by atoms with van der Waals surface area (Å²) < 4.78 is 15.1. The van der Waals surface area contributed by atoms with E-state index in [0.717, 1.165) is 37.1 Å². The molecule has 0 unspecified atom stereocenters. The van der Waals surface area contributed by atoms with Crippen molar-refractivity contribution in [2.24, 2.45) is 0 Å². The number of rotatable bonds is 2. The third-order valence-corrected chi connectivity index (χ3v) is 3.60. The number of halogens is 1. The number of nitrogens with one attached hydrogen (secondary N) is 1. The summed E-state index contributed by atoms with van der Waals surface area (Å²) in [7, 11) is 0. The minimum absolute atomic E-state index is 0.291. The number of fused-ring (bicyclic) bond motifs is 1. The summed E-state index contributed by atoms with van der Waals surface area (Å²) in [6, 6.07) is 6.16. The van der Waals surface area contributed by atoms with E-state index in [2.05, 4.69) is 10.4 Å². The van der Waals surface area contributed by atoms with Gasteiger partial charge in [0.15, 0.2) is 5.69 Å². The average Bonchev–Trinajstić information content (AvgIpc) is 2.87. The van der Waals surface area contributed by atoms with Crippen molar-refractivity contribution in [3.05, 3.63) is 47.0 Å². The first kappa shape index (κ1) is 12.8. The highest BCUT2D eigenvalue weighted by atomic mass is 19.1. The highest BCUT2D eigenvalue weighted by Crippen LogP contribution is 2.19. The smallest absolute Gasteiger partial charge is 0.276 e. The number of aryl methyl sites for hydroxylation is 3. The van der Waals surface area contributed by atoms with Crippen LogP contribution in [0.3, 0.4) is 0 Å². The fourth-order valence-corrected chi connectivity index (χ4v) is 2.44. The lowest BCUT2D eigenvalue weighted by Gasteiger charge is -2.11. The largest absolute Gasteiger partial charge is 0.320 e. The van der Waals surface area contributed by atoms with Crippen LogP contribution in [0.2, 0.25) is 0 Å². The molecule has 1 N–H and O–H groups in total. The molecule has 2 aromatic rings. The van der Waals surface area contributed by atoms with Crippen molar-refractivity contribution < 1.29 is 9.18 Å². The zero-order chi connectivity index (χ0) is 14.1. The number of carbonyl (C=O) groups excluding carboxylic acids is 1. The minimum atomic E-state index is -0.366. The quantitative estimate of drug-likeness (QED) is 0.914. The predicted octanol–water partition coefficient (Wildman–Crippen LogP) is 2.92. The molecule has 1 aromatic heterocycles. The summed E-state index contributed by atoms with van der Waals surface area (Å²) >= 11 is 0. The summed E-state index contributed by atoms with van der Waals surface area (Å²) in [5.74, 6) is -0.657. The van der Waals surface area contributed by atoms with Gasteiger partial charge in [-0.25, -0.2) is 4.39 Å². The highest BCUT2D eigenvalue weighted by molar-refractivity contribution is 6.03. The number of hydrogen-bond donors (Lipinski definition) is 1. The predicted molar refractivity (Wildman–Crippen MR) is 74.3 cm³/mol. The maximum atomic E-state index is 13.2. The Bertz CT molecular complexity index is 640. The van der Waals surface area contributed by atoms with Crippen molar-refractivity contribution in [3.8, 4) is 0 Å². The average molecular weight is 273 g/mol. The fraction of sp³-hybridized carbons (Fsp3) is 0.333. The third-order valence-electron chi connectivity index (χ3n) is 3.60. The molecule has 20 heavy (non-hydrogen) atoms. The number of nitrogens with zero attached hydrogens (tertiary/aromatic N) is 2. The van der Waals surface area contributed by atoms with Crippen LogP contribution >= 0.6 is 0 Å². The van der Waals surface area contributed by atoms with E-state index in [0.29, 0.717) is 11.4 Å². The van der Waals surface area contributed by atoms with Gasteiger partial charge in [-0.05, 0) is 49.9 Å². The fourth-order valence-electron chi connectivity index (χ4n) is 2.44. The van der Waals surface area contributed by atoms with Gasteiger partial charge in [0.05, 0.1) is 0 Å². The van der Waals surface area contributed by atoms with Crippen LogP contribution in [0.15, 0.2) is 24.3 Å². The van der Waals surface area contributed by atoms with E-state index in [9.17, 15) is 9.18 Å². The Balaban J connectivity index is 1.82. The molecule has 0 bridgehead atoms. The SMILES string of the molecule is Cc1ccc(F)cc1NC(=O)c1cc2n(n1)CCCC2. The molecule has 0 atom stereocenters. The molecule has 0 saturated carbocycles. The molecule has 0 spiro atoms. The summed E-state index contributed by atoms with van der Waals surface area (Å²) in [4.78, 5) is 12.2. The van der Waals surface area contributed by atoms with E-state index >= 15 is 0 Å². The summed E-state index contributed by atoms with van der Waals surface area (Å²) in [6.45, 7) is 2.69. The van der Waals surface area contributed by atoms with Gasteiger partial charge in [-0.3, -0.25) is 9.48 Å². The van der Waals surface area contributed by atoms with Crippen LogP contribution in [0.5, 0.6) is 0 Å². The lowest BCUT2D eigenvalue weighted by molar-refractivity contribution is 0.102. The number of amides is 1.